The summed E-state index contributed by atoms with van der Waals surface area (Å²) in [5.41, 5.74) is 5.74. The number of carbonyl (C=O) groups is 1. The summed E-state index contributed by atoms with van der Waals surface area (Å²) in [4.78, 5) is 39.8. The predicted molar refractivity (Wildman–Crippen MR) is 272 cm³/mol. The Kier molecular flexibility index (Phi) is 15.1. The predicted octanol–water partition coefficient (Wildman–Crippen LogP) is 6.94. The number of rotatable bonds is 13. The molecule has 9 rings (SSSR count). The molecule has 0 spiro atoms. The first kappa shape index (κ1) is 49.0. The van der Waals surface area contributed by atoms with Crippen LogP contribution in [0.2, 0.25) is 5.02 Å². The van der Waals surface area contributed by atoms with Crippen LogP contribution in [0.25, 0.3) is 16.6 Å². The summed E-state index contributed by atoms with van der Waals surface area (Å²) in [6.07, 6.45) is 6.49. The summed E-state index contributed by atoms with van der Waals surface area (Å²) in [6, 6.07) is 38.9. The van der Waals surface area contributed by atoms with E-state index >= 15 is 0 Å². The van der Waals surface area contributed by atoms with E-state index in [-0.39, 0.29) is 22.4 Å². The number of hydrogen-bond acceptors (Lipinski definition) is 11. The van der Waals surface area contributed by atoms with Crippen LogP contribution in [0.4, 0.5) is 17.1 Å². The number of fused-ring (bicyclic) bond motifs is 1. The summed E-state index contributed by atoms with van der Waals surface area (Å²) in [7, 11) is -4.59. The number of allylic oxidation sites excluding steroid dienone is 1. The number of aromatic nitrogens is 2. The van der Waals surface area contributed by atoms with Crippen LogP contribution in [0, 0.1) is 19.1 Å². The van der Waals surface area contributed by atoms with Gasteiger partial charge in [-0.15, -0.1) is 0 Å². The molecule has 2 aromatic heterocycles. The molecule has 17 heteroatoms. The number of sulfonamides is 1. The molecule has 3 aliphatic rings. The zero-order chi connectivity index (χ0) is 48.8. The maximum absolute atomic E-state index is 14.1. The number of pyridine rings is 1. The number of nitrogens with zero attached hydrogens (tertiary/aromatic N) is 6. The van der Waals surface area contributed by atoms with Crippen molar-refractivity contribution in [2.75, 3.05) is 68.7 Å². The fourth-order valence-corrected chi connectivity index (χ4v) is 12.7. The van der Waals surface area contributed by atoms with E-state index in [4.69, 9.17) is 16.3 Å². The van der Waals surface area contributed by atoms with Crippen molar-refractivity contribution in [2.24, 2.45) is 5.41 Å². The number of amides is 1. The van der Waals surface area contributed by atoms with Gasteiger partial charge in [-0.3, -0.25) is 4.90 Å². The molecule has 4 aromatic carbocycles. The van der Waals surface area contributed by atoms with Gasteiger partial charge in [0.05, 0.1) is 6.20 Å². The quantitative estimate of drug-likeness (QED) is 0.0535. The molecule has 2 N–H and O–H groups in total. The topological polar surface area (TPSA) is 157 Å². The first-order valence-electron chi connectivity index (χ1n) is 23.4. The van der Waals surface area contributed by atoms with Crippen molar-refractivity contribution in [3.05, 3.63) is 175 Å². The van der Waals surface area contributed by atoms with Gasteiger partial charge in [-0.05, 0) is 72.2 Å². The molecule has 2 saturated heterocycles. The van der Waals surface area contributed by atoms with Crippen LogP contribution in [0.15, 0.2) is 150 Å². The average Bonchev–Trinajstić information content (AvgIpc) is 3.83. The second-order valence-electron chi connectivity index (χ2n) is 18.5. The molecule has 1 aliphatic carbocycles. The minimum atomic E-state index is -4.59. The maximum Gasteiger partial charge on any atom is 0.146 e. The van der Waals surface area contributed by atoms with E-state index in [1.165, 1.54) is 38.6 Å². The Morgan fingerprint density at radius 1 is 0.857 bits per heavy atom. The van der Waals surface area contributed by atoms with Crippen LogP contribution in [0.5, 0.6) is 11.5 Å². The Bertz CT molecular complexity index is 3070. The molecule has 0 atom stereocenters. The Hall–Kier alpha value is -6.05. The number of benzene rings is 3. The molecule has 6 aromatic rings. The van der Waals surface area contributed by atoms with Gasteiger partial charge in [0.15, 0.2) is 0 Å². The van der Waals surface area contributed by atoms with Gasteiger partial charge in [0, 0.05) is 61.1 Å². The molecular formula is C53H55ClIN8O6S-. The molecule has 0 bridgehead atoms. The Balaban J connectivity index is 0.904. The summed E-state index contributed by atoms with van der Waals surface area (Å²) < 4.78 is 40.1. The van der Waals surface area contributed by atoms with Crippen molar-refractivity contribution in [3.63, 3.8) is 0 Å². The number of aromatic amines is 1. The standard InChI is InChI=1S/C53H55ClIN8O6S/c1-53(2)22-20-40(47(35-53)38-12-14-41(54)15-13-38)37-59-24-26-60(27-25-59)43-16-18-46(50(33-43)69-44-32-39-21-23-56-51(39)57-36-44)52(64)58-70(67,68)45-17-19-48(49(34-45)63(65)66)61-28-30-62(31-29-61)55-42-10-8-6-4-3-5-7-9-11-42/h3-19,21,23,32-34,36H,20,22,24-31,35,37H2,1-2H3,(H,56,57)(H,58,64)/q-1. The van der Waals surface area contributed by atoms with Gasteiger partial charge in [-0.25, -0.2) is 4.98 Å². The van der Waals surface area contributed by atoms with E-state index in [2.05, 4.69) is 65.7 Å². The zero-order valence-electron chi connectivity index (χ0n) is 39.1. The smallest absolute Gasteiger partial charge is 0.146 e. The van der Waals surface area contributed by atoms with E-state index in [9.17, 15) is 23.3 Å². The van der Waals surface area contributed by atoms with Crippen LogP contribution >= 0.6 is 11.6 Å². The van der Waals surface area contributed by atoms with Crippen LogP contribution in [-0.4, -0.2) is 96.1 Å². The number of H-pyrrole nitrogens is 1. The molecule has 14 nitrogen and oxygen atoms in total. The third-order valence-corrected chi connectivity index (χ3v) is 17.5. The van der Waals surface area contributed by atoms with Crippen molar-refractivity contribution in [1.29, 1.82) is 0 Å². The minimum Gasteiger partial charge on any atom is -0.455 e. The molecule has 4 heterocycles. The first-order valence-corrected chi connectivity index (χ1v) is 27.3. The minimum absolute atomic E-state index is 0.0325. The first-order chi connectivity index (χ1) is 33.8. The molecule has 1 amide bonds. The number of anilines is 2. The molecule has 2 fully saturated rings. The van der Waals surface area contributed by atoms with Crippen molar-refractivity contribution in [1.82, 2.24) is 22.7 Å². The Labute approximate surface area is 424 Å². The van der Waals surface area contributed by atoms with Crippen molar-refractivity contribution >= 4 is 61.2 Å². The fraction of sp³-hybridized carbons (Fsp3) is 0.283. The molecule has 70 heavy (non-hydrogen) atoms. The number of nitro groups is 1. The van der Waals surface area contributed by atoms with E-state index in [0.29, 0.717) is 43.3 Å². The summed E-state index contributed by atoms with van der Waals surface area (Å²) in [6.45, 7) is 11.1. The third kappa shape index (κ3) is 11.9. The monoisotopic (exact) mass is 1090 g/mol. The number of nitrogens with one attached hydrogen (secondary N) is 2. The molecule has 2 aliphatic heterocycles. The summed E-state index contributed by atoms with van der Waals surface area (Å²) in [5.74, 6) is -0.461. The fourth-order valence-electron chi connectivity index (χ4n) is 9.17. The summed E-state index contributed by atoms with van der Waals surface area (Å²) in [5, 5.41) is 14.0. The third-order valence-electron chi connectivity index (χ3n) is 13.0. The van der Waals surface area contributed by atoms with Gasteiger partial charge >= 0.3 is 203 Å². The number of nitro benzene ring substituents is 1. The maximum atomic E-state index is 14.1. The van der Waals surface area contributed by atoms with Gasteiger partial charge < -0.3 is 14.6 Å². The Morgan fingerprint density at radius 2 is 1.56 bits per heavy atom. The van der Waals surface area contributed by atoms with Gasteiger partial charge in [-0.2, -0.15) is 0 Å². The van der Waals surface area contributed by atoms with Gasteiger partial charge in [0.1, 0.15) is 17.1 Å². The molecular weight excluding hydrogens is 1040 g/mol. The van der Waals surface area contributed by atoms with Crippen LogP contribution in [0.1, 0.15) is 49.0 Å². The van der Waals surface area contributed by atoms with E-state index in [1.807, 2.05) is 65.6 Å². The number of piperazine rings is 2. The van der Waals surface area contributed by atoms with Gasteiger partial charge in [0.25, 0.3) is 0 Å². The molecule has 0 unspecified atom stereocenters. The summed E-state index contributed by atoms with van der Waals surface area (Å²) >= 11 is 5.79. The van der Waals surface area contributed by atoms with E-state index in [1.54, 1.807) is 30.5 Å². The van der Waals surface area contributed by atoms with Crippen molar-refractivity contribution < 1.29 is 44.4 Å². The number of carbonyl (C=O) groups excluding carboxylic acids is 1. The number of ether oxygens (including phenoxy) is 1. The number of halogens is 2. The van der Waals surface area contributed by atoms with E-state index in [0.717, 1.165) is 74.1 Å². The van der Waals surface area contributed by atoms with Crippen LogP contribution in [-0.2, 0) is 10.0 Å². The molecule has 0 saturated carbocycles. The van der Waals surface area contributed by atoms with Crippen LogP contribution < -0.4 is 40.7 Å². The van der Waals surface area contributed by atoms with Gasteiger partial charge in [0.2, 0.25) is 0 Å². The normalized spacial score (nSPS) is 16.8. The van der Waals surface area contributed by atoms with Crippen molar-refractivity contribution in [3.8, 4) is 11.5 Å². The molecule has 364 valence electrons. The second kappa shape index (κ2) is 21.5. The van der Waals surface area contributed by atoms with Crippen LogP contribution in [0.3, 0.4) is 0 Å². The van der Waals surface area contributed by atoms with Gasteiger partial charge in [-0.1, -0.05) is 43.2 Å². The Morgan fingerprint density at radius 3 is 2.27 bits per heavy atom. The van der Waals surface area contributed by atoms with Crippen molar-refractivity contribution in [2.45, 2.75) is 38.0 Å². The molecule has 0 radical (unpaired) electrons. The zero-order valence-corrected chi connectivity index (χ0v) is 42.8. The largest absolute Gasteiger partial charge is 0.455 e. The SMILES string of the molecule is CC1(C)CCC(CN2CCN(c3ccc(C(=O)NS(=O)(=O)c4ccc(N5CCN([I-]c6ccccccccc6)CC5)c([N+](=O)[O-])c4)c(Oc4cnc5[nH]ccc5c4)c3)CC2)=C(c2ccc(Cl)cc2)C1. The van der Waals surface area contributed by atoms with E-state index < -0.39 is 47.2 Å². The average molecular weight is 1090 g/mol. The number of hydrogen-bond donors (Lipinski definition) is 2. The second-order valence-corrected chi connectivity index (χ2v) is 23.7.